The van der Waals surface area contributed by atoms with Crippen LogP contribution < -0.4 is 11.1 Å². The van der Waals surface area contributed by atoms with Crippen molar-refractivity contribution in [3.8, 4) is 0 Å². The predicted octanol–water partition coefficient (Wildman–Crippen LogP) is 1.21. The summed E-state index contributed by atoms with van der Waals surface area (Å²) in [5.74, 6) is 0.151. The van der Waals surface area contributed by atoms with E-state index in [4.69, 9.17) is 10.9 Å². The van der Waals surface area contributed by atoms with Gasteiger partial charge in [0.2, 0.25) is 0 Å². The molecule has 1 unspecified atom stereocenters. The summed E-state index contributed by atoms with van der Waals surface area (Å²) in [5, 5.41) is 15.3. The van der Waals surface area contributed by atoms with Gasteiger partial charge < -0.3 is 21.2 Å². The molecule has 5 heteroatoms. The standard InChI is InChI=1S/C14H24N4O/c1-11(8-9-18(2)3)16-10-12-6-4-5-7-13(12)14(15)17-19/h4-7,11,16,19H,8-10H2,1-3H3,(H2,15,17). The van der Waals surface area contributed by atoms with Gasteiger partial charge in [0.05, 0.1) is 0 Å². The van der Waals surface area contributed by atoms with E-state index >= 15 is 0 Å². The van der Waals surface area contributed by atoms with Crippen LogP contribution in [0.25, 0.3) is 0 Å². The molecule has 0 amide bonds. The summed E-state index contributed by atoms with van der Waals surface area (Å²) in [5.41, 5.74) is 7.48. The summed E-state index contributed by atoms with van der Waals surface area (Å²) in [6, 6.07) is 8.10. The third-order valence-electron chi connectivity index (χ3n) is 3.05. The SMILES string of the molecule is CC(CCN(C)C)NCc1ccccc1C(N)=NO. The molecule has 1 aromatic carbocycles. The molecule has 0 saturated heterocycles. The summed E-state index contributed by atoms with van der Waals surface area (Å²) in [4.78, 5) is 2.17. The zero-order chi connectivity index (χ0) is 14.3. The van der Waals surface area contributed by atoms with Crippen molar-refractivity contribution in [3.05, 3.63) is 35.4 Å². The van der Waals surface area contributed by atoms with Crippen LogP contribution in [-0.4, -0.2) is 42.6 Å². The molecule has 0 spiro atoms. The minimum Gasteiger partial charge on any atom is -0.409 e. The summed E-state index contributed by atoms with van der Waals surface area (Å²) in [6.07, 6.45) is 1.08. The highest BCUT2D eigenvalue weighted by Gasteiger charge is 2.08. The van der Waals surface area contributed by atoms with Crippen molar-refractivity contribution < 1.29 is 5.21 Å². The predicted molar refractivity (Wildman–Crippen MR) is 78.4 cm³/mol. The Labute approximate surface area is 115 Å². The molecule has 5 nitrogen and oxygen atoms in total. The van der Waals surface area contributed by atoms with E-state index in [2.05, 4.69) is 36.4 Å². The number of hydrogen-bond donors (Lipinski definition) is 3. The molecule has 0 saturated carbocycles. The van der Waals surface area contributed by atoms with E-state index < -0.39 is 0 Å². The van der Waals surface area contributed by atoms with E-state index in [1.807, 2.05) is 24.3 Å². The Balaban J connectivity index is 2.58. The molecule has 0 aromatic heterocycles. The van der Waals surface area contributed by atoms with Gasteiger partial charge in [-0.25, -0.2) is 0 Å². The van der Waals surface area contributed by atoms with Gasteiger partial charge in [-0.2, -0.15) is 0 Å². The number of amidine groups is 1. The lowest BCUT2D eigenvalue weighted by Gasteiger charge is -2.17. The molecule has 106 valence electrons. The van der Waals surface area contributed by atoms with Gasteiger partial charge in [0.25, 0.3) is 0 Å². The van der Waals surface area contributed by atoms with Crippen molar-refractivity contribution in [2.45, 2.75) is 25.9 Å². The summed E-state index contributed by atoms with van der Waals surface area (Å²) >= 11 is 0. The maximum Gasteiger partial charge on any atom is 0.170 e. The zero-order valence-corrected chi connectivity index (χ0v) is 11.9. The molecule has 0 fully saturated rings. The van der Waals surface area contributed by atoms with Gasteiger partial charge in [0.15, 0.2) is 5.84 Å². The van der Waals surface area contributed by atoms with Crippen LogP contribution >= 0.6 is 0 Å². The monoisotopic (exact) mass is 264 g/mol. The van der Waals surface area contributed by atoms with Gasteiger partial charge in [-0.05, 0) is 39.5 Å². The van der Waals surface area contributed by atoms with Gasteiger partial charge in [-0.3, -0.25) is 0 Å². The van der Waals surface area contributed by atoms with E-state index in [9.17, 15) is 0 Å². The number of nitrogens with zero attached hydrogens (tertiary/aromatic N) is 2. The highest BCUT2D eigenvalue weighted by atomic mass is 16.4. The van der Waals surface area contributed by atoms with Crippen molar-refractivity contribution in [2.24, 2.45) is 10.9 Å². The van der Waals surface area contributed by atoms with Crippen molar-refractivity contribution in [2.75, 3.05) is 20.6 Å². The number of oxime groups is 1. The molecule has 0 aliphatic carbocycles. The van der Waals surface area contributed by atoms with E-state index in [0.717, 1.165) is 24.1 Å². The maximum absolute atomic E-state index is 8.77. The molecule has 0 aliphatic heterocycles. The first kappa shape index (κ1) is 15.5. The fourth-order valence-electron chi connectivity index (χ4n) is 1.82. The van der Waals surface area contributed by atoms with Crippen molar-refractivity contribution >= 4 is 5.84 Å². The lowest BCUT2D eigenvalue weighted by Crippen LogP contribution is -2.30. The summed E-state index contributed by atoms with van der Waals surface area (Å²) in [6.45, 7) is 3.92. The first-order chi connectivity index (χ1) is 9.04. The van der Waals surface area contributed by atoms with Gasteiger partial charge in [-0.15, -0.1) is 0 Å². The first-order valence-electron chi connectivity index (χ1n) is 6.48. The van der Waals surface area contributed by atoms with Crippen LogP contribution in [0.5, 0.6) is 0 Å². The lowest BCUT2D eigenvalue weighted by atomic mass is 10.1. The molecule has 1 rings (SSSR count). The molecule has 1 aromatic rings. The Morgan fingerprint density at radius 1 is 1.42 bits per heavy atom. The van der Waals surface area contributed by atoms with E-state index in [-0.39, 0.29) is 5.84 Å². The van der Waals surface area contributed by atoms with E-state index in [1.165, 1.54) is 0 Å². The van der Waals surface area contributed by atoms with Crippen LogP contribution in [0.1, 0.15) is 24.5 Å². The van der Waals surface area contributed by atoms with Crippen molar-refractivity contribution in [3.63, 3.8) is 0 Å². The molecule has 0 heterocycles. The fraction of sp³-hybridized carbons (Fsp3) is 0.500. The number of hydrogen-bond acceptors (Lipinski definition) is 4. The Kier molecular flexibility index (Phi) is 6.32. The maximum atomic E-state index is 8.77. The molecule has 0 radical (unpaired) electrons. The number of nitrogens with two attached hydrogens (primary N) is 1. The Morgan fingerprint density at radius 2 is 2.11 bits per heavy atom. The number of nitrogens with one attached hydrogen (secondary N) is 1. The van der Waals surface area contributed by atoms with Gasteiger partial charge in [-0.1, -0.05) is 29.4 Å². The van der Waals surface area contributed by atoms with Crippen LogP contribution in [0.15, 0.2) is 29.4 Å². The molecule has 19 heavy (non-hydrogen) atoms. The zero-order valence-electron chi connectivity index (χ0n) is 11.9. The molecular formula is C14H24N4O. The van der Waals surface area contributed by atoms with Crippen molar-refractivity contribution in [1.29, 1.82) is 0 Å². The highest BCUT2D eigenvalue weighted by molar-refractivity contribution is 5.98. The smallest absolute Gasteiger partial charge is 0.170 e. The second kappa shape index (κ2) is 7.76. The Hall–Kier alpha value is -1.59. The van der Waals surface area contributed by atoms with E-state index in [0.29, 0.717) is 12.6 Å². The third kappa shape index (κ3) is 5.28. The first-order valence-corrected chi connectivity index (χ1v) is 6.48. The summed E-state index contributed by atoms with van der Waals surface area (Å²) in [7, 11) is 4.14. The van der Waals surface area contributed by atoms with Crippen LogP contribution in [0.3, 0.4) is 0 Å². The highest BCUT2D eigenvalue weighted by Crippen LogP contribution is 2.09. The average Bonchev–Trinajstić information content (AvgIpc) is 2.42. The molecule has 1 atom stereocenters. The van der Waals surface area contributed by atoms with Gasteiger partial charge >= 0.3 is 0 Å². The molecule has 0 bridgehead atoms. The topological polar surface area (TPSA) is 73.9 Å². The normalized spacial score (nSPS) is 13.8. The second-order valence-corrected chi connectivity index (χ2v) is 5.02. The van der Waals surface area contributed by atoms with Crippen molar-refractivity contribution in [1.82, 2.24) is 10.2 Å². The third-order valence-corrected chi connectivity index (χ3v) is 3.05. The van der Waals surface area contributed by atoms with Crippen LogP contribution in [0, 0.1) is 0 Å². The minimum absolute atomic E-state index is 0.151. The largest absolute Gasteiger partial charge is 0.409 e. The number of benzene rings is 1. The molecule has 4 N–H and O–H groups in total. The molecular weight excluding hydrogens is 240 g/mol. The fourth-order valence-corrected chi connectivity index (χ4v) is 1.82. The van der Waals surface area contributed by atoms with Crippen LogP contribution in [0.4, 0.5) is 0 Å². The quantitative estimate of drug-likeness (QED) is 0.299. The minimum atomic E-state index is 0.151. The van der Waals surface area contributed by atoms with E-state index in [1.54, 1.807) is 0 Å². The van der Waals surface area contributed by atoms with Gasteiger partial charge in [0, 0.05) is 18.2 Å². The van der Waals surface area contributed by atoms with Crippen LogP contribution in [0.2, 0.25) is 0 Å². The average molecular weight is 264 g/mol. The number of rotatable bonds is 7. The molecule has 0 aliphatic rings. The van der Waals surface area contributed by atoms with Crippen LogP contribution in [-0.2, 0) is 6.54 Å². The Morgan fingerprint density at radius 3 is 2.74 bits per heavy atom. The Bertz CT molecular complexity index is 418. The second-order valence-electron chi connectivity index (χ2n) is 5.02. The summed E-state index contributed by atoms with van der Waals surface area (Å²) < 4.78 is 0. The van der Waals surface area contributed by atoms with Gasteiger partial charge in [0.1, 0.15) is 0 Å². The lowest BCUT2D eigenvalue weighted by molar-refractivity contribution is 0.318.